The van der Waals surface area contributed by atoms with E-state index in [1.807, 2.05) is 6.92 Å². The summed E-state index contributed by atoms with van der Waals surface area (Å²) in [6.07, 6.45) is 11.1. The van der Waals surface area contributed by atoms with Gasteiger partial charge >= 0.3 is 0 Å². The van der Waals surface area contributed by atoms with E-state index in [0.717, 1.165) is 12.8 Å². The SMILES string of the molecule is C#CCNC(C)C(=O)NC1CCCCC1. The second-order valence-electron chi connectivity index (χ2n) is 4.15. The predicted molar refractivity (Wildman–Crippen MR) is 61.3 cm³/mol. The van der Waals surface area contributed by atoms with Crippen LogP contribution in [0.4, 0.5) is 0 Å². The highest BCUT2D eigenvalue weighted by atomic mass is 16.2. The molecule has 0 aromatic carbocycles. The fourth-order valence-corrected chi connectivity index (χ4v) is 1.88. The van der Waals surface area contributed by atoms with Crippen LogP contribution in [0.3, 0.4) is 0 Å². The topological polar surface area (TPSA) is 41.1 Å². The van der Waals surface area contributed by atoms with Gasteiger partial charge in [0, 0.05) is 6.04 Å². The van der Waals surface area contributed by atoms with Crippen molar-refractivity contribution in [3.05, 3.63) is 0 Å². The Hall–Kier alpha value is -1.01. The van der Waals surface area contributed by atoms with E-state index < -0.39 is 0 Å². The van der Waals surface area contributed by atoms with Crippen LogP contribution in [-0.4, -0.2) is 24.5 Å². The molecule has 3 nitrogen and oxygen atoms in total. The van der Waals surface area contributed by atoms with E-state index in [0.29, 0.717) is 12.6 Å². The van der Waals surface area contributed by atoms with E-state index >= 15 is 0 Å². The lowest BCUT2D eigenvalue weighted by atomic mass is 9.95. The van der Waals surface area contributed by atoms with Gasteiger partial charge in [0.15, 0.2) is 0 Å². The lowest BCUT2D eigenvalue weighted by molar-refractivity contribution is -0.123. The number of rotatable bonds is 4. The van der Waals surface area contributed by atoms with E-state index in [1.54, 1.807) is 0 Å². The lowest BCUT2D eigenvalue weighted by Gasteiger charge is -2.24. The van der Waals surface area contributed by atoms with Crippen molar-refractivity contribution in [1.82, 2.24) is 10.6 Å². The van der Waals surface area contributed by atoms with E-state index in [-0.39, 0.29) is 11.9 Å². The highest BCUT2D eigenvalue weighted by Crippen LogP contribution is 2.17. The molecule has 1 rings (SSSR count). The first-order valence-electron chi connectivity index (χ1n) is 5.71. The first-order valence-corrected chi connectivity index (χ1v) is 5.71. The van der Waals surface area contributed by atoms with Gasteiger partial charge in [-0.3, -0.25) is 10.1 Å². The van der Waals surface area contributed by atoms with Crippen LogP contribution in [0, 0.1) is 12.3 Å². The fourth-order valence-electron chi connectivity index (χ4n) is 1.88. The first-order chi connectivity index (χ1) is 7.24. The number of carbonyl (C=O) groups is 1. The van der Waals surface area contributed by atoms with Crippen molar-refractivity contribution >= 4 is 5.91 Å². The first kappa shape index (κ1) is 12.1. The number of hydrogen-bond acceptors (Lipinski definition) is 2. The maximum absolute atomic E-state index is 11.7. The van der Waals surface area contributed by atoms with E-state index in [1.165, 1.54) is 19.3 Å². The number of nitrogens with one attached hydrogen (secondary N) is 2. The van der Waals surface area contributed by atoms with Gasteiger partial charge in [0.1, 0.15) is 0 Å². The molecule has 0 aromatic heterocycles. The third-order valence-electron chi connectivity index (χ3n) is 2.86. The molecular formula is C12H20N2O. The highest BCUT2D eigenvalue weighted by Gasteiger charge is 2.18. The van der Waals surface area contributed by atoms with Crippen molar-refractivity contribution < 1.29 is 4.79 Å². The molecule has 15 heavy (non-hydrogen) atoms. The van der Waals surface area contributed by atoms with Crippen molar-refractivity contribution in [1.29, 1.82) is 0 Å². The second kappa shape index (κ2) is 6.47. The van der Waals surface area contributed by atoms with Crippen LogP contribution in [0.15, 0.2) is 0 Å². The van der Waals surface area contributed by atoms with Crippen molar-refractivity contribution in [2.24, 2.45) is 0 Å². The monoisotopic (exact) mass is 208 g/mol. The molecular weight excluding hydrogens is 188 g/mol. The van der Waals surface area contributed by atoms with Crippen LogP contribution >= 0.6 is 0 Å². The maximum Gasteiger partial charge on any atom is 0.237 e. The van der Waals surface area contributed by atoms with Gasteiger partial charge in [-0.1, -0.05) is 25.2 Å². The molecule has 0 aromatic rings. The fraction of sp³-hybridized carbons (Fsp3) is 0.750. The minimum Gasteiger partial charge on any atom is -0.352 e. The van der Waals surface area contributed by atoms with Crippen LogP contribution in [-0.2, 0) is 4.79 Å². The van der Waals surface area contributed by atoms with Gasteiger partial charge in [-0.15, -0.1) is 6.42 Å². The summed E-state index contributed by atoms with van der Waals surface area (Å²) in [6.45, 7) is 2.29. The minimum atomic E-state index is -0.192. The summed E-state index contributed by atoms with van der Waals surface area (Å²) in [7, 11) is 0. The molecule has 1 aliphatic rings. The lowest BCUT2D eigenvalue weighted by Crippen LogP contribution is -2.46. The molecule has 0 heterocycles. The minimum absolute atomic E-state index is 0.0668. The molecule has 0 radical (unpaired) electrons. The summed E-state index contributed by atoms with van der Waals surface area (Å²) >= 11 is 0. The van der Waals surface area contributed by atoms with Crippen molar-refractivity contribution in [3.63, 3.8) is 0 Å². The highest BCUT2D eigenvalue weighted by molar-refractivity contribution is 5.81. The summed E-state index contributed by atoms with van der Waals surface area (Å²) in [5, 5.41) is 6.03. The Morgan fingerprint density at radius 3 is 2.73 bits per heavy atom. The third-order valence-corrected chi connectivity index (χ3v) is 2.86. The smallest absolute Gasteiger partial charge is 0.237 e. The van der Waals surface area contributed by atoms with Gasteiger partial charge < -0.3 is 5.32 Å². The molecule has 1 amide bonds. The summed E-state index contributed by atoms with van der Waals surface area (Å²) in [5.74, 6) is 2.53. The van der Waals surface area contributed by atoms with Gasteiger partial charge in [0.25, 0.3) is 0 Å². The zero-order valence-corrected chi connectivity index (χ0v) is 9.38. The van der Waals surface area contributed by atoms with Gasteiger partial charge in [-0.2, -0.15) is 0 Å². The van der Waals surface area contributed by atoms with E-state index in [4.69, 9.17) is 6.42 Å². The van der Waals surface area contributed by atoms with Crippen LogP contribution in [0.2, 0.25) is 0 Å². The van der Waals surface area contributed by atoms with Crippen molar-refractivity contribution in [3.8, 4) is 12.3 Å². The molecule has 0 aliphatic heterocycles. The molecule has 1 aliphatic carbocycles. The Morgan fingerprint density at radius 2 is 2.13 bits per heavy atom. The molecule has 1 unspecified atom stereocenters. The quantitative estimate of drug-likeness (QED) is 0.678. The maximum atomic E-state index is 11.7. The van der Waals surface area contributed by atoms with Crippen LogP contribution in [0.25, 0.3) is 0 Å². The largest absolute Gasteiger partial charge is 0.352 e. The normalized spacial score (nSPS) is 19.2. The Bertz CT molecular complexity index is 238. The Morgan fingerprint density at radius 1 is 1.47 bits per heavy atom. The molecule has 3 heteroatoms. The van der Waals surface area contributed by atoms with Crippen LogP contribution < -0.4 is 10.6 Å². The molecule has 0 bridgehead atoms. The van der Waals surface area contributed by atoms with Crippen LogP contribution in [0.1, 0.15) is 39.0 Å². The van der Waals surface area contributed by atoms with Gasteiger partial charge in [-0.05, 0) is 19.8 Å². The summed E-state index contributed by atoms with van der Waals surface area (Å²) < 4.78 is 0. The van der Waals surface area contributed by atoms with Gasteiger partial charge in [-0.25, -0.2) is 0 Å². The average Bonchev–Trinajstić information content (AvgIpc) is 2.27. The Labute approximate surface area is 92.0 Å². The van der Waals surface area contributed by atoms with E-state index in [2.05, 4.69) is 16.6 Å². The zero-order chi connectivity index (χ0) is 11.1. The Kier molecular flexibility index (Phi) is 5.20. The van der Waals surface area contributed by atoms with Gasteiger partial charge in [0.2, 0.25) is 5.91 Å². The molecule has 1 fully saturated rings. The van der Waals surface area contributed by atoms with E-state index in [9.17, 15) is 4.79 Å². The molecule has 1 saturated carbocycles. The number of carbonyl (C=O) groups excluding carboxylic acids is 1. The standard InChI is InChI=1S/C12H20N2O/c1-3-9-13-10(2)12(15)14-11-7-5-4-6-8-11/h1,10-11,13H,4-9H2,2H3,(H,14,15). The Balaban J connectivity index is 2.24. The summed E-state index contributed by atoms with van der Waals surface area (Å²) in [4.78, 5) is 11.7. The van der Waals surface area contributed by atoms with Crippen molar-refractivity contribution in [2.75, 3.05) is 6.54 Å². The third kappa shape index (κ3) is 4.35. The summed E-state index contributed by atoms with van der Waals surface area (Å²) in [5.41, 5.74) is 0. The molecule has 1 atom stereocenters. The number of terminal acetylenes is 1. The summed E-state index contributed by atoms with van der Waals surface area (Å²) in [6, 6.07) is 0.185. The molecule has 84 valence electrons. The molecule has 2 N–H and O–H groups in total. The zero-order valence-electron chi connectivity index (χ0n) is 9.38. The van der Waals surface area contributed by atoms with Crippen LogP contribution in [0.5, 0.6) is 0 Å². The molecule has 0 spiro atoms. The predicted octanol–water partition coefficient (Wildman–Crippen LogP) is 1.05. The molecule has 0 saturated heterocycles. The second-order valence-corrected chi connectivity index (χ2v) is 4.15. The number of amides is 1. The average molecular weight is 208 g/mol. The van der Waals surface area contributed by atoms with Crippen molar-refractivity contribution in [2.45, 2.75) is 51.1 Å². The van der Waals surface area contributed by atoms with Gasteiger partial charge in [0.05, 0.1) is 12.6 Å². The number of hydrogen-bond donors (Lipinski definition) is 2.